The molecule has 3 nitrogen and oxygen atoms in total. The highest BCUT2D eigenvalue weighted by atomic mass is 35.5. The Kier molecular flexibility index (Phi) is 7.40. The summed E-state index contributed by atoms with van der Waals surface area (Å²) in [5, 5.41) is 3.47. The summed E-state index contributed by atoms with van der Waals surface area (Å²) in [6, 6.07) is 16.2. The van der Waals surface area contributed by atoms with Crippen LogP contribution in [0.1, 0.15) is 31.9 Å². The van der Waals surface area contributed by atoms with Crippen molar-refractivity contribution >= 4 is 0 Å². The largest absolute Gasteiger partial charge is 1.00 e. The maximum Gasteiger partial charge on any atom is 0.161 e. The minimum atomic E-state index is 0. The maximum absolute atomic E-state index is 5.87. The number of methoxy groups -OCH3 is 1. The first-order valence-corrected chi connectivity index (χ1v) is 7.56. The lowest BCUT2D eigenvalue weighted by Gasteiger charge is -2.21. The lowest BCUT2D eigenvalue weighted by Crippen LogP contribution is -3.00. The number of hydrogen-bond donors (Lipinski definition) is 1. The summed E-state index contributed by atoms with van der Waals surface area (Å²) < 4.78 is 11.3. The molecule has 0 aliphatic rings. The fraction of sp³-hybridized carbons (Fsp3) is 0.368. The summed E-state index contributed by atoms with van der Waals surface area (Å²) >= 11 is 0. The third-order valence-electron chi connectivity index (χ3n) is 3.29. The monoisotopic (exact) mass is 334 g/mol. The molecule has 2 aromatic carbocycles. The van der Waals surface area contributed by atoms with E-state index in [0.29, 0.717) is 6.61 Å². The van der Waals surface area contributed by atoms with E-state index in [0.717, 1.165) is 23.6 Å². The van der Waals surface area contributed by atoms with Gasteiger partial charge < -0.3 is 27.2 Å². The fourth-order valence-corrected chi connectivity index (χ4v) is 2.04. The third-order valence-corrected chi connectivity index (χ3v) is 3.29. The van der Waals surface area contributed by atoms with Gasteiger partial charge in [0.05, 0.1) is 7.11 Å². The molecule has 23 heavy (non-hydrogen) atoms. The molecule has 4 heteroatoms. The minimum absolute atomic E-state index is 0. The predicted molar refractivity (Wildman–Crippen MR) is 90.4 cm³/mol. The van der Waals surface area contributed by atoms with Gasteiger partial charge in [-0.05, 0) is 44.0 Å². The molecule has 0 fully saturated rings. The van der Waals surface area contributed by atoms with Crippen LogP contribution in [0, 0.1) is 0 Å². The number of halogens is 1. The average Bonchev–Trinajstić information content (AvgIpc) is 2.51. The quantitative estimate of drug-likeness (QED) is 0.860. The first-order valence-electron chi connectivity index (χ1n) is 7.56. The van der Waals surface area contributed by atoms with Crippen LogP contribution in [0.5, 0.6) is 11.5 Å². The highest BCUT2D eigenvalue weighted by Crippen LogP contribution is 2.29. The Balaban J connectivity index is 0.00000264. The fourth-order valence-electron chi connectivity index (χ4n) is 2.04. The number of rotatable bonds is 6. The first kappa shape index (κ1) is 19.3. The van der Waals surface area contributed by atoms with Crippen LogP contribution in [0.3, 0.4) is 0 Å². The molecule has 0 atom stereocenters. The molecule has 0 unspecified atom stereocenters. The highest BCUT2D eigenvalue weighted by Gasteiger charge is 2.10. The van der Waals surface area contributed by atoms with Crippen molar-refractivity contribution in [2.45, 2.75) is 39.5 Å². The molecule has 2 aromatic rings. The normalized spacial score (nSPS) is 10.8. The zero-order valence-corrected chi connectivity index (χ0v) is 15.0. The van der Waals surface area contributed by atoms with Crippen LogP contribution < -0.4 is 27.2 Å². The molecule has 0 saturated heterocycles. The molecule has 0 spiro atoms. The average molecular weight is 335 g/mol. The highest BCUT2D eigenvalue weighted by molar-refractivity contribution is 5.43. The van der Waals surface area contributed by atoms with Crippen LogP contribution in [0.2, 0.25) is 0 Å². The molecule has 0 bridgehead atoms. The Hall–Kier alpha value is -1.71. The molecule has 0 aliphatic heterocycles. The molecule has 0 radical (unpaired) electrons. The van der Waals surface area contributed by atoms with Gasteiger partial charge in [0.25, 0.3) is 0 Å². The summed E-state index contributed by atoms with van der Waals surface area (Å²) in [6.07, 6.45) is 0. The van der Waals surface area contributed by atoms with Crippen LogP contribution in [0.4, 0.5) is 0 Å². The third kappa shape index (κ3) is 6.51. The molecular formula is C19H25ClNO2-. The minimum Gasteiger partial charge on any atom is -1.00 e. The Morgan fingerprint density at radius 3 is 2.22 bits per heavy atom. The van der Waals surface area contributed by atoms with Gasteiger partial charge in [0.15, 0.2) is 11.5 Å². The van der Waals surface area contributed by atoms with Gasteiger partial charge in [0.1, 0.15) is 6.61 Å². The molecule has 2 rings (SSSR count). The summed E-state index contributed by atoms with van der Waals surface area (Å²) in [7, 11) is 1.67. The number of benzene rings is 2. The van der Waals surface area contributed by atoms with Crippen molar-refractivity contribution in [1.82, 2.24) is 5.32 Å². The van der Waals surface area contributed by atoms with Crippen LogP contribution in [0.25, 0.3) is 0 Å². The molecule has 0 heterocycles. The number of ether oxygens (including phenoxy) is 2. The van der Waals surface area contributed by atoms with Gasteiger partial charge in [-0.2, -0.15) is 0 Å². The van der Waals surface area contributed by atoms with Gasteiger partial charge in [0.2, 0.25) is 0 Å². The van der Waals surface area contributed by atoms with Gasteiger partial charge in [0, 0.05) is 12.1 Å². The second-order valence-electron chi connectivity index (χ2n) is 6.36. The van der Waals surface area contributed by atoms with Crippen molar-refractivity contribution < 1.29 is 21.9 Å². The second kappa shape index (κ2) is 8.80. The lowest BCUT2D eigenvalue weighted by molar-refractivity contribution is -0.00000582. The molecule has 1 N–H and O–H groups in total. The van der Waals surface area contributed by atoms with Crippen molar-refractivity contribution in [3.8, 4) is 11.5 Å². The van der Waals surface area contributed by atoms with E-state index in [1.165, 1.54) is 5.56 Å². The SMILES string of the molecule is COc1cc(CNC(C)(C)C)ccc1OCc1ccccc1.[Cl-]. The van der Waals surface area contributed by atoms with E-state index in [1.807, 2.05) is 42.5 Å². The van der Waals surface area contributed by atoms with E-state index in [-0.39, 0.29) is 17.9 Å². The van der Waals surface area contributed by atoms with Crippen LogP contribution >= 0.6 is 0 Å². The van der Waals surface area contributed by atoms with Crippen LogP contribution in [-0.4, -0.2) is 12.6 Å². The second-order valence-corrected chi connectivity index (χ2v) is 6.36. The smallest absolute Gasteiger partial charge is 0.161 e. The van der Waals surface area contributed by atoms with Crippen molar-refractivity contribution in [3.63, 3.8) is 0 Å². The van der Waals surface area contributed by atoms with E-state index in [1.54, 1.807) is 7.11 Å². The predicted octanol–water partition coefficient (Wildman–Crippen LogP) is 1.17. The maximum atomic E-state index is 5.87. The van der Waals surface area contributed by atoms with E-state index >= 15 is 0 Å². The molecule has 126 valence electrons. The summed E-state index contributed by atoms with van der Waals surface area (Å²) in [5.74, 6) is 1.54. The summed E-state index contributed by atoms with van der Waals surface area (Å²) in [6.45, 7) is 7.81. The zero-order chi connectivity index (χ0) is 16.0. The van der Waals surface area contributed by atoms with Crippen molar-refractivity contribution in [1.29, 1.82) is 0 Å². The van der Waals surface area contributed by atoms with E-state index in [9.17, 15) is 0 Å². The standard InChI is InChI=1S/C19H25NO2.ClH/c1-19(2,3)20-13-16-10-11-17(18(12-16)21-4)22-14-15-8-6-5-7-9-15;/h5-12,20H,13-14H2,1-4H3;1H/p-1. The van der Waals surface area contributed by atoms with Gasteiger partial charge in [-0.15, -0.1) is 0 Å². The number of nitrogens with one attached hydrogen (secondary N) is 1. The van der Waals surface area contributed by atoms with E-state index < -0.39 is 0 Å². The summed E-state index contributed by atoms with van der Waals surface area (Å²) in [5.41, 5.74) is 2.41. The summed E-state index contributed by atoms with van der Waals surface area (Å²) in [4.78, 5) is 0. The van der Waals surface area contributed by atoms with Gasteiger partial charge in [-0.25, -0.2) is 0 Å². The van der Waals surface area contributed by atoms with E-state index in [2.05, 4.69) is 32.2 Å². The van der Waals surface area contributed by atoms with Crippen molar-refractivity contribution in [2.75, 3.05) is 7.11 Å². The Morgan fingerprint density at radius 1 is 0.913 bits per heavy atom. The molecular weight excluding hydrogens is 310 g/mol. The van der Waals surface area contributed by atoms with Crippen LogP contribution in [-0.2, 0) is 13.2 Å². The van der Waals surface area contributed by atoms with Crippen molar-refractivity contribution in [3.05, 3.63) is 59.7 Å². The molecule has 0 amide bonds. The van der Waals surface area contributed by atoms with E-state index in [4.69, 9.17) is 9.47 Å². The van der Waals surface area contributed by atoms with Gasteiger partial charge in [-0.1, -0.05) is 36.4 Å². The Labute approximate surface area is 145 Å². The number of hydrogen-bond acceptors (Lipinski definition) is 3. The van der Waals surface area contributed by atoms with Crippen molar-refractivity contribution in [2.24, 2.45) is 0 Å². The lowest BCUT2D eigenvalue weighted by atomic mass is 10.1. The first-order chi connectivity index (χ1) is 10.5. The molecule has 0 aliphatic carbocycles. The Bertz CT molecular complexity index is 594. The van der Waals surface area contributed by atoms with Gasteiger partial charge in [-0.3, -0.25) is 0 Å². The zero-order valence-electron chi connectivity index (χ0n) is 14.2. The Morgan fingerprint density at radius 2 is 1.61 bits per heavy atom. The molecule has 0 saturated carbocycles. The van der Waals surface area contributed by atoms with Crippen LogP contribution in [0.15, 0.2) is 48.5 Å². The van der Waals surface area contributed by atoms with Gasteiger partial charge >= 0.3 is 0 Å². The topological polar surface area (TPSA) is 30.5 Å². The molecule has 0 aromatic heterocycles.